The Morgan fingerprint density at radius 2 is 1.61 bits per heavy atom. The zero-order valence-electron chi connectivity index (χ0n) is 14.1. The van der Waals surface area contributed by atoms with E-state index in [4.69, 9.17) is 5.73 Å². The van der Waals surface area contributed by atoms with E-state index in [2.05, 4.69) is 17.1 Å². The summed E-state index contributed by atoms with van der Waals surface area (Å²) in [5.74, 6) is 4.04. The van der Waals surface area contributed by atoms with Crippen LogP contribution in [-0.2, 0) is 4.79 Å². The number of carbonyl (C=O) groups excluding carboxylic acids is 1. The lowest BCUT2D eigenvalue weighted by molar-refractivity contribution is -0.177. The second kappa shape index (κ2) is 4.91. The standard InChI is InChI=1S/C19H30N2OS/c20-15-9-18(10-15)11-17(12-18)7-13(8-17)16(22)21-19(3-4-19)14-1-5-23-6-2-14/h13-15H,1-12,20H2,(H,21,22). The smallest absolute Gasteiger partial charge is 0.223 e. The normalized spacial score (nSPS) is 47.5. The van der Waals surface area contributed by atoms with Crippen LogP contribution in [0.15, 0.2) is 0 Å². The number of hydrogen-bond acceptors (Lipinski definition) is 3. The molecule has 0 atom stereocenters. The van der Waals surface area contributed by atoms with Gasteiger partial charge in [0.2, 0.25) is 5.91 Å². The zero-order valence-corrected chi connectivity index (χ0v) is 14.9. The summed E-state index contributed by atoms with van der Waals surface area (Å²) in [5, 5.41) is 3.51. The minimum Gasteiger partial charge on any atom is -0.350 e. The Hall–Kier alpha value is -0.220. The van der Waals surface area contributed by atoms with Crippen molar-refractivity contribution in [2.75, 3.05) is 11.5 Å². The number of rotatable bonds is 3. The number of thioether (sulfide) groups is 1. The van der Waals surface area contributed by atoms with Crippen LogP contribution >= 0.6 is 11.8 Å². The topological polar surface area (TPSA) is 55.1 Å². The highest BCUT2D eigenvalue weighted by Crippen LogP contribution is 2.72. The van der Waals surface area contributed by atoms with E-state index in [0.717, 1.165) is 18.8 Å². The molecular formula is C19H30N2OS. The molecule has 1 amide bonds. The van der Waals surface area contributed by atoms with Gasteiger partial charge in [-0.2, -0.15) is 11.8 Å². The molecule has 128 valence electrons. The molecule has 0 aromatic carbocycles. The zero-order chi connectivity index (χ0) is 15.7. The highest BCUT2D eigenvalue weighted by molar-refractivity contribution is 7.99. The molecule has 0 unspecified atom stereocenters. The van der Waals surface area contributed by atoms with Crippen LogP contribution in [0.2, 0.25) is 0 Å². The van der Waals surface area contributed by atoms with Gasteiger partial charge in [-0.15, -0.1) is 0 Å². The molecule has 0 bridgehead atoms. The Bertz CT molecular complexity index is 501. The Balaban J connectivity index is 1.12. The molecular weight excluding hydrogens is 304 g/mol. The molecule has 0 radical (unpaired) electrons. The predicted octanol–water partition coefficient (Wildman–Crippen LogP) is 3.08. The third-order valence-electron chi connectivity index (χ3n) is 7.78. The van der Waals surface area contributed by atoms with Crippen molar-refractivity contribution in [1.82, 2.24) is 5.32 Å². The van der Waals surface area contributed by atoms with Gasteiger partial charge >= 0.3 is 0 Å². The fourth-order valence-electron chi connectivity index (χ4n) is 6.71. The Morgan fingerprint density at radius 1 is 1.00 bits per heavy atom. The summed E-state index contributed by atoms with van der Waals surface area (Å²) in [6.45, 7) is 0. The minimum absolute atomic E-state index is 0.211. The van der Waals surface area contributed by atoms with Crippen molar-refractivity contribution in [3.05, 3.63) is 0 Å². The SMILES string of the molecule is NC1CC2(C1)CC1(CC(C(=O)NC3(C4CCSCC4)CC3)C1)C2. The van der Waals surface area contributed by atoms with Crippen LogP contribution in [-0.4, -0.2) is 29.0 Å². The number of hydrogen-bond donors (Lipinski definition) is 2. The van der Waals surface area contributed by atoms with Gasteiger partial charge < -0.3 is 11.1 Å². The summed E-state index contributed by atoms with van der Waals surface area (Å²) < 4.78 is 0. The number of amides is 1. The molecule has 3 N–H and O–H groups in total. The van der Waals surface area contributed by atoms with Gasteiger partial charge in [0.25, 0.3) is 0 Å². The van der Waals surface area contributed by atoms with Gasteiger partial charge in [0, 0.05) is 17.5 Å². The third-order valence-corrected chi connectivity index (χ3v) is 8.83. The summed E-state index contributed by atoms with van der Waals surface area (Å²) in [6, 6.07) is 0.468. The molecule has 5 aliphatic rings. The average Bonchev–Trinajstić information content (AvgIpc) is 3.20. The highest BCUT2D eigenvalue weighted by Gasteiger charge is 2.64. The lowest BCUT2D eigenvalue weighted by atomic mass is 9.37. The summed E-state index contributed by atoms with van der Waals surface area (Å²) >= 11 is 2.08. The van der Waals surface area contributed by atoms with Gasteiger partial charge in [0.05, 0.1) is 0 Å². The van der Waals surface area contributed by atoms with Crippen molar-refractivity contribution < 1.29 is 4.79 Å². The van der Waals surface area contributed by atoms with Crippen molar-refractivity contribution in [3.63, 3.8) is 0 Å². The molecule has 1 saturated heterocycles. The van der Waals surface area contributed by atoms with Crippen LogP contribution < -0.4 is 11.1 Å². The van der Waals surface area contributed by atoms with Crippen LogP contribution in [0, 0.1) is 22.7 Å². The maximum atomic E-state index is 12.7. The monoisotopic (exact) mass is 334 g/mol. The summed E-state index contributed by atoms with van der Waals surface area (Å²) in [4.78, 5) is 12.7. The molecule has 4 aliphatic carbocycles. The van der Waals surface area contributed by atoms with Crippen molar-refractivity contribution in [3.8, 4) is 0 Å². The molecule has 5 fully saturated rings. The summed E-state index contributed by atoms with van der Waals surface area (Å²) in [7, 11) is 0. The quantitative estimate of drug-likeness (QED) is 0.834. The van der Waals surface area contributed by atoms with Crippen molar-refractivity contribution in [2.24, 2.45) is 28.4 Å². The van der Waals surface area contributed by atoms with Crippen molar-refractivity contribution >= 4 is 17.7 Å². The van der Waals surface area contributed by atoms with E-state index in [9.17, 15) is 4.79 Å². The second-order valence-corrected chi connectivity index (χ2v) is 10.9. The molecule has 0 aromatic rings. The van der Waals surface area contributed by atoms with Gasteiger partial charge in [-0.05, 0) is 92.5 Å². The van der Waals surface area contributed by atoms with Gasteiger partial charge in [-0.25, -0.2) is 0 Å². The Labute approximate surface area is 143 Å². The lowest BCUT2D eigenvalue weighted by Gasteiger charge is -2.68. The molecule has 4 saturated carbocycles. The molecule has 0 aromatic heterocycles. The van der Waals surface area contributed by atoms with Gasteiger partial charge in [0.15, 0.2) is 0 Å². The molecule has 4 heteroatoms. The molecule has 23 heavy (non-hydrogen) atoms. The summed E-state index contributed by atoms with van der Waals surface area (Å²) in [5.41, 5.74) is 7.33. The van der Waals surface area contributed by atoms with E-state index >= 15 is 0 Å². The van der Waals surface area contributed by atoms with Crippen LogP contribution in [0.5, 0.6) is 0 Å². The van der Waals surface area contributed by atoms with E-state index < -0.39 is 0 Å². The third kappa shape index (κ3) is 2.38. The summed E-state index contributed by atoms with van der Waals surface area (Å²) in [6.07, 6.45) is 12.6. The Morgan fingerprint density at radius 3 is 2.17 bits per heavy atom. The molecule has 1 aliphatic heterocycles. The maximum absolute atomic E-state index is 12.7. The number of nitrogens with one attached hydrogen (secondary N) is 1. The Kier molecular flexibility index (Phi) is 3.21. The first-order chi connectivity index (χ1) is 11.0. The van der Waals surface area contributed by atoms with Crippen molar-refractivity contribution in [2.45, 2.75) is 75.8 Å². The first-order valence-corrected chi connectivity index (χ1v) is 10.8. The molecule has 1 heterocycles. The fourth-order valence-corrected chi connectivity index (χ4v) is 7.81. The van der Waals surface area contributed by atoms with Crippen molar-refractivity contribution in [1.29, 1.82) is 0 Å². The van der Waals surface area contributed by atoms with Crippen LogP contribution in [0.25, 0.3) is 0 Å². The van der Waals surface area contributed by atoms with Gasteiger partial charge in [0.1, 0.15) is 0 Å². The van der Waals surface area contributed by atoms with E-state index in [-0.39, 0.29) is 5.54 Å². The first kappa shape index (κ1) is 15.1. The maximum Gasteiger partial charge on any atom is 0.223 e. The number of carbonyl (C=O) groups is 1. The fraction of sp³-hybridized carbons (Fsp3) is 0.947. The lowest BCUT2D eigenvalue weighted by Crippen LogP contribution is -2.63. The average molecular weight is 335 g/mol. The van der Waals surface area contributed by atoms with Gasteiger partial charge in [-0.1, -0.05) is 0 Å². The minimum atomic E-state index is 0.211. The largest absolute Gasteiger partial charge is 0.350 e. The highest BCUT2D eigenvalue weighted by atomic mass is 32.2. The predicted molar refractivity (Wildman–Crippen MR) is 94.2 cm³/mol. The molecule has 5 rings (SSSR count). The number of nitrogens with two attached hydrogens (primary N) is 1. The van der Waals surface area contributed by atoms with Crippen LogP contribution in [0.4, 0.5) is 0 Å². The van der Waals surface area contributed by atoms with E-state index in [1.54, 1.807) is 0 Å². The van der Waals surface area contributed by atoms with E-state index in [0.29, 0.717) is 28.7 Å². The first-order valence-electron chi connectivity index (χ1n) is 9.68. The van der Waals surface area contributed by atoms with E-state index in [1.807, 2.05) is 0 Å². The molecule has 3 nitrogen and oxygen atoms in total. The van der Waals surface area contributed by atoms with Gasteiger partial charge in [-0.3, -0.25) is 4.79 Å². The molecule has 2 spiro atoms. The second-order valence-electron chi connectivity index (χ2n) is 9.66. The van der Waals surface area contributed by atoms with Crippen LogP contribution in [0.3, 0.4) is 0 Å². The van der Waals surface area contributed by atoms with Crippen LogP contribution in [0.1, 0.15) is 64.2 Å². The van der Waals surface area contributed by atoms with E-state index in [1.165, 1.54) is 62.9 Å².